The SMILES string of the molecule is C=C/C=C(\OC)C(=O)N1CCCC(C)C1.CC. The molecule has 0 radical (unpaired) electrons. The van der Waals surface area contributed by atoms with E-state index in [0.29, 0.717) is 11.7 Å². The zero-order chi connectivity index (χ0) is 13.3. The molecule has 0 aromatic rings. The Morgan fingerprint density at radius 1 is 1.47 bits per heavy atom. The van der Waals surface area contributed by atoms with Gasteiger partial charge in [0.2, 0.25) is 0 Å². The first-order valence-electron chi connectivity index (χ1n) is 6.35. The van der Waals surface area contributed by atoms with Gasteiger partial charge < -0.3 is 9.64 Å². The van der Waals surface area contributed by atoms with E-state index in [1.807, 2.05) is 18.7 Å². The minimum absolute atomic E-state index is 0.0241. The molecule has 1 aliphatic heterocycles. The summed E-state index contributed by atoms with van der Waals surface area (Å²) in [4.78, 5) is 13.8. The first-order valence-corrected chi connectivity index (χ1v) is 6.35. The Kier molecular flexibility index (Phi) is 8.20. The zero-order valence-corrected chi connectivity index (χ0v) is 11.5. The van der Waals surface area contributed by atoms with Crippen LogP contribution in [-0.4, -0.2) is 31.0 Å². The Hall–Kier alpha value is -1.25. The van der Waals surface area contributed by atoms with Crippen molar-refractivity contribution in [2.75, 3.05) is 20.2 Å². The monoisotopic (exact) mass is 239 g/mol. The third kappa shape index (κ3) is 5.07. The van der Waals surface area contributed by atoms with Crippen LogP contribution in [0.1, 0.15) is 33.6 Å². The highest BCUT2D eigenvalue weighted by Crippen LogP contribution is 2.17. The summed E-state index contributed by atoms with van der Waals surface area (Å²) in [7, 11) is 1.51. The molecular weight excluding hydrogens is 214 g/mol. The molecule has 3 heteroatoms. The van der Waals surface area contributed by atoms with Gasteiger partial charge in [-0.15, -0.1) is 0 Å². The second-order valence-corrected chi connectivity index (χ2v) is 3.97. The quantitative estimate of drug-likeness (QED) is 0.430. The summed E-state index contributed by atoms with van der Waals surface area (Å²) in [5.41, 5.74) is 0. The molecule has 1 rings (SSSR count). The molecule has 0 spiro atoms. The average molecular weight is 239 g/mol. The fourth-order valence-corrected chi connectivity index (χ4v) is 1.86. The molecule has 1 unspecified atom stereocenters. The van der Waals surface area contributed by atoms with Gasteiger partial charge in [-0.1, -0.05) is 33.4 Å². The summed E-state index contributed by atoms with van der Waals surface area (Å²) in [5, 5.41) is 0. The van der Waals surface area contributed by atoms with E-state index in [9.17, 15) is 4.79 Å². The van der Waals surface area contributed by atoms with Gasteiger partial charge in [-0.25, -0.2) is 0 Å². The zero-order valence-electron chi connectivity index (χ0n) is 11.5. The van der Waals surface area contributed by atoms with E-state index in [1.165, 1.54) is 13.5 Å². The smallest absolute Gasteiger partial charge is 0.288 e. The molecule has 17 heavy (non-hydrogen) atoms. The highest BCUT2D eigenvalue weighted by molar-refractivity contribution is 5.91. The number of ether oxygens (including phenoxy) is 1. The Labute approximate surface area is 105 Å². The van der Waals surface area contributed by atoms with Crippen LogP contribution in [0.5, 0.6) is 0 Å². The highest BCUT2D eigenvalue weighted by Gasteiger charge is 2.23. The second kappa shape index (κ2) is 8.85. The lowest BCUT2D eigenvalue weighted by Crippen LogP contribution is -2.40. The van der Waals surface area contributed by atoms with Gasteiger partial charge in [0, 0.05) is 13.1 Å². The minimum atomic E-state index is -0.0241. The number of likely N-dealkylation sites (tertiary alicyclic amines) is 1. The molecule has 0 saturated carbocycles. The van der Waals surface area contributed by atoms with Crippen molar-refractivity contribution in [2.45, 2.75) is 33.6 Å². The molecule has 0 N–H and O–H groups in total. The van der Waals surface area contributed by atoms with Crippen molar-refractivity contribution in [3.05, 3.63) is 24.5 Å². The molecule has 0 bridgehead atoms. The molecule has 1 aliphatic rings. The van der Waals surface area contributed by atoms with Crippen LogP contribution >= 0.6 is 0 Å². The summed E-state index contributed by atoms with van der Waals surface area (Å²) < 4.78 is 5.04. The number of nitrogens with zero attached hydrogens (tertiary/aromatic N) is 1. The number of hydrogen-bond acceptors (Lipinski definition) is 2. The summed E-state index contributed by atoms with van der Waals surface area (Å²) in [6, 6.07) is 0. The van der Waals surface area contributed by atoms with E-state index in [0.717, 1.165) is 19.5 Å². The van der Waals surface area contributed by atoms with Crippen molar-refractivity contribution in [3.8, 4) is 0 Å². The van der Waals surface area contributed by atoms with Gasteiger partial charge in [0.05, 0.1) is 7.11 Å². The summed E-state index contributed by atoms with van der Waals surface area (Å²) in [6.07, 6.45) is 5.47. The van der Waals surface area contributed by atoms with Crippen LogP contribution in [0, 0.1) is 5.92 Å². The van der Waals surface area contributed by atoms with E-state index in [4.69, 9.17) is 4.74 Å². The van der Waals surface area contributed by atoms with Crippen LogP contribution in [-0.2, 0) is 9.53 Å². The number of rotatable bonds is 3. The van der Waals surface area contributed by atoms with E-state index in [-0.39, 0.29) is 5.91 Å². The Bertz CT molecular complexity index is 271. The molecular formula is C14H25NO2. The lowest BCUT2D eigenvalue weighted by molar-refractivity contribution is -0.132. The van der Waals surface area contributed by atoms with Crippen molar-refractivity contribution < 1.29 is 9.53 Å². The number of piperidine rings is 1. The lowest BCUT2D eigenvalue weighted by Gasteiger charge is -2.31. The van der Waals surface area contributed by atoms with Crippen LogP contribution in [0.3, 0.4) is 0 Å². The molecule has 1 atom stereocenters. The molecule has 1 fully saturated rings. The third-order valence-electron chi connectivity index (χ3n) is 2.64. The van der Waals surface area contributed by atoms with Crippen molar-refractivity contribution >= 4 is 5.91 Å². The van der Waals surface area contributed by atoms with E-state index < -0.39 is 0 Å². The Balaban J connectivity index is 0.00000121. The maximum Gasteiger partial charge on any atom is 0.288 e. The predicted octanol–water partition coefficient (Wildman–Crippen LogP) is 2.99. The molecule has 0 aromatic carbocycles. The molecule has 98 valence electrons. The van der Waals surface area contributed by atoms with E-state index >= 15 is 0 Å². The molecule has 1 heterocycles. The van der Waals surface area contributed by atoms with Gasteiger partial charge in [0.25, 0.3) is 5.91 Å². The first kappa shape index (κ1) is 15.8. The Morgan fingerprint density at radius 3 is 2.59 bits per heavy atom. The normalized spacial score (nSPS) is 20.1. The Morgan fingerprint density at radius 2 is 2.12 bits per heavy atom. The van der Waals surface area contributed by atoms with Crippen LogP contribution in [0.4, 0.5) is 0 Å². The molecule has 1 amide bonds. The van der Waals surface area contributed by atoms with Gasteiger partial charge in [-0.3, -0.25) is 4.79 Å². The fraction of sp³-hybridized carbons (Fsp3) is 0.643. The fourth-order valence-electron chi connectivity index (χ4n) is 1.86. The maximum absolute atomic E-state index is 11.9. The molecule has 0 aromatic heterocycles. The molecule has 3 nitrogen and oxygen atoms in total. The van der Waals surface area contributed by atoms with Crippen molar-refractivity contribution in [3.63, 3.8) is 0 Å². The topological polar surface area (TPSA) is 29.5 Å². The number of hydrogen-bond donors (Lipinski definition) is 0. The third-order valence-corrected chi connectivity index (χ3v) is 2.64. The van der Waals surface area contributed by atoms with Crippen LogP contribution in [0.25, 0.3) is 0 Å². The number of amides is 1. The van der Waals surface area contributed by atoms with Crippen molar-refractivity contribution in [2.24, 2.45) is 5.92 Å². The number of carbonyl (C=O) groups is 1. The van der Waals surface area contributed by atoms with Gasteiger partial charge in [0.1, 0.15) is 0 Å². The average Bonchev–Trinajstić information content (AvgIpc) is 2.37. The number of methoxy groups -OCH3 is 1. The van der Waals surface area contributed by atoms with E-state index in [2.05, 4.69) is 13.5 Å². The summed E-state index contributed by atoms with van der Waals surface area (Å²) in [5.74, 6) is 0.938. The molecule has 0 aliphatic carbocycles. The van der Waals surface area contributed by atoms with Crippen molar-refractivity contribution in [1.29, 1.82) is 0 Å². The van der Waals surface area contributed by atoms with Gasteiger partial charge >= 0.3 is 0 Å². The van der Waals surface area contributed by atoms with Gasteiger partial charge in [-0.05, 0) is 24.8 Å². The van der Waals surface area contributed by atoms with Crippen molar-refractivity contribution in [1.82, 2.24) is 4.90 Å². The van der Waals surface area contributed by atoms with Crippen LogP contribution < -0.4 is 0 Å². The maximum atomic E-state index is 11.9. The number of allylic oxidation sites excluding steroid dienone is 2. The highest BCUT2D eigenvalue weighted by atomic mass is 16.5. The summed E-state index contributed by atoms with van der Waals surface area (Å²) in [6.45, 7) is 11.4. The first-order chi connectivity index (χ1) is 8.19. The second-order valence-electron chi connectivity index (χ2n) is 3.97. The van der Waals surface area contributed by atoms with Crippen LogP contribution in [0.15, 0.2) is 24.5 Å². The molecule has 1 saturated heterocycles. The van der Waals surface area contributed by atoms with Gasteiger partial charge in [0.15, 0.2) is 5.76 Å². The minimum Gasteiger partial charge on any atom is -0.491 e. The predicted molar refractivity (Wildman–Crippen MR) is 71.6 cm³/mol. The van der Waals surface area contributed by atoms with Gasteiger partial charge in [-0.2, -0.15) is 0 Å². The largest absolute Gasteiger partial charge is 0.491 e. The van der Waals surface area contributed by atoms with E-state index in [1.54, 1.807) is 12.2 Å². The number of carbonyl (C=O) groups excluding carboxylic acids is 1. The standard InChI is InChI=1S/C12H19NO2.C2H6/c1-4-6-11(15-3)12(14)13-8-5-7-10(2)9-13;1-2/h4,6,10H,1,5,7-9H2,2-3H3;1-2H3/b11-6-;. The van der Waals surface area contributed by atoms with Crippen LogP contribution in [0.2, 0.25) is 0 Å². The lowest BCUT2D eigenvalue weighted by atomic mass is 10.0. The summed E-state index contributed by atoms with van der Waals surface area (Å²) >= 11 is 0.